The first-order valence-corrected chi connectivity index (χ1v) is 7.07. The van der Waals surface area contributed by atoms with Crippen LogP contribution in [0.15, 0.2) is 0 Å². The average molecular weight is 258 g/mol. The van der Waals surface area contributed by atoms with Gasteiger partial charge in [0.05, 0.1) is 0 Å². The number of rotatable bonds is 4. The van der Waals surface area contributed by atoms with Gasteiger partial charge in [-0.2, -0.15) is 0 Å². The lowest BCUT2D eigenvalue weighted by Gasteiger charge is -2.36. The predicted octanol–water partition coefficient (Wildman–Crippen LogP) is 0.394. The monoisotopic (exact) mass is 258 g/mol. The fourth-order valence-corrected chi connectivity index (χ4v) is 6.55. The summed E-state index contributed by atoms with van der Waals surface area (Å²) < 4.78 is 4.39. The minimum absolute atomic E-state index is 0.0380. The fraction of sp³-hybridized carbons (Fsp3) is 0.900. The van der Waals surface area contributed by atoms with E-state index < -0.39 is 8.22 Å². The van der Waals surface area contributed by atoms with E-state index in [4.69, 9.17) is 0 Å². The summed E-state index contributed by atoms with van der Waals surface area (Å²) in [6, 6.07) is 0. The van der Waals surface area contributed by atoms with E-state index in [1.165, 1.54) is 0 Å². The molecule has 0 aromatic heterocycles. The highest BCUT2D eigenvalue weighted by Crippen LogP contribution is 2.67. The van der Waals surface area contributed by atoms with Crippen LogP contribution in [-0.2, 0) is 4.79 Å². The summed E-state index contributed by atoms with van der Waals surface area (Å²) in [5.74, 6) is 0.348. The molecule has 6 heteroatoms. The van der Waals surface area contributed by atoms with Crippen molar-refractivity contribution in [1.29, 1.82) is 0 Å². The molecule has 1 amide bonds. The number of amides is 1. The molecule has 0 aliphatic heterocycles. The van der Waals surface area contributed by atoms with E-state index in [1.54, 1.807) is 4.90 Å². The topological polar surface area (TPSA) is 26.8 Å². The van der Waals surface area contributed by atoms with Crippen molar-refractivity contribution >= 4 is 24.4 Å². The van der Waals surface area contributed by atoms with Crippen LogP contribution in [0.2, 0.25) is 0 Å². The summed E-state index contributed by atoms with van der Waals surface area (Å²) in [4.78, 5) is 13.6. The second-order valence-electron chi connectivity index (χ2n) is 4.90. The minimum Gasteiger partial charge on any atom is -0.349 e. The number of carbonyl (C=O) groups is 1. The third-order valence-electron chi connectivity index (χ3n) is 2.79. The van der Waals surface area contributed by atoms with Gasteiger partial charge in [-0.15, -0.1) is 0 Å². The molecule has 91 valence electrons. The van der Waals surface area contributed by atoms with E-state index in [9.17, 15) is 4.79 Å². The molecular weight excluding hydrogens is 237 g/mol. The Morgan fingerprint density at radius 2 is 1.62 bits per heavy atom. The molecule has 0 aromatic carbocycles. The molecule has 0 bridgehead atoms. The van der Waals surface area contributed by atoms with Crippen LogP contribution in [-0.4, -0.2) is 77.5 Å². The van der Waals surface area contributed by atoms with Crippen molar-refractivity contribution in [3.8, 4) is 0 Å². The van der Waals surface area contributed by atoms with Crippen LogP contribution in [0.3, 0.4) is 0 Å². The molecule has 1 aliphatic carbocycles. The van der Waals surface area contributed by atoms with Crippen LogP contribution in [0, 0.1) is 5.92 Å². The van der Waals surface area contributed by atoms with Gasteiger partial charge in [-0.25, -0.2) is 0 Å². The van der Waals surface area contributed by atoms with Gasteiger partial charge in [0.1, 0.15) is 0 Å². The summed E-state index contributed by atoms with van der Waals surface area (Å²) in [5.41, 5.74) is 0. The molecule has 0 spiro atoms. The van der Waals surface area contributed by atoms with Crippen molar-refractivity contribution in [1.82, 2.24) is 14.2 Å². The summed E-state index contributed by atoms with van der Waals surface area (Å²) in [5, 5.41) is 0. The van der Waals surface area contributed by atoms with E-state index >= 15 is 0 Å². The molecule has 0 heterocycles. The molecule has 0 aromatic rings. The standard InChI is InChI=1S/C10H21N3OPSi/c1-11(2)9(14)8-7-10(8,16)15(12(3)4)13(5)6/h8H,7H2,1-6H3/t8-,10+/m1/s1. The van der Waals surface area contributed by atoms with Gasteiger partial charge >= 0.3 is 0 Å². The molecule has 1 saturated carbocycles. The molecule has 1 fully saturated rings. The lowest BCUT2D eigenvalue weighted by atomic mass is 10.4. The van der Waals surface area contributed by atoms with E-state index in [2.05, 4.69) is 47.8 Å². The number of nitrogens with zero attached hydrogens (tertiary/aromatic N) is 3. The lowest BCUT2D eigenvalue weighted by Crippen LogP contribution is -2.33. The van der Waals surface area contributed by atoms with Crippen molar-refractivity contribution in [2.75, 3.05) is 42.3 Å². The second kappa shape index (κ2) is 4.73. The highest BCUT2D eigenvalue weighted by atomic mass is 31.1. The molecule has 4 nitrogen and oxygen atoms in total. The largest absolute Gasteiger partial charge is 0.349 e. The van der Waals surface area contributed by atoms with Crippen LogP contribution in [0.4, 0.5) is 0 Å². The third kappa shape index (κ3) is 2.48. The fourth-order valence-electron chi connectivity index (χ4n) is 2.15. The third-order valence-corrected chi connectivity index (χ3v) is 6.66. The van der Waals surface area contributed by atoms with Gasteiger partial charge in [0.25, 0.3) is 0 Å². The van der Waals surface area contributed by atoms with Gasteiger partial charge in [-0.05, 0) is 34.6 Å². The van der Waals surface area contributed by atoms with Crippen molar-refractivity contribution < 1.29 is 4.79 Å². The Balaban J connectivity index is 2.78. The Morgan fingerprint density at radius 3 is 1.94 bits per heavy atom. The van der Waals surface area contributed by atoms with E-state index in [0.717, 1.165) is 6.42 Å². The highest BCUT2D eigenvalue weighted by molar-refractivity contribution is 7.56. The first kappa shape index (κ1) is 14.1. The summed E-state index contributed by atoms with van der Waals surface area (Å²) in [6.07, 6.45) is 0.933. The SMILES string of the molecule is CN(C)C(=O)[C@H]1C[C@@]1([Si])P(N(C)C)N(C)C. The molecule has 0 saturated heterocycles. The van der Waals surface area contributed by atoms with Crippen molar-refractivity contribution in [3.05, 3.63) is 0 Å². The molecule has 0 unspecified atom stereocenters. The molecule has 2 atom stereocenters. The quantitative estimate of drug-likeness (QED) is 0.539. The number of carbonyl (C=O) groups excluding carboxylic acids is 1. The summed E-state index contributed by atoms with van der Waals surface area (Å²) in [6.45, 7) is 0. The zero-order valence-electron chi connectivity index (χ0n) is 11.0. The summed E-state index contributed by atoms with van der Waals surface area (Å²) in [7, 11) is 15.3. The van der Waals surface area contributed by atoms with Gasteiger partial charge < -0.3 is 4.90 Å². The maximum atomic E-state index is 11.9. The molecule has 3 radical (unpaired) electrons. The smallest absolute Gasteiger partial charge is 0.225 e. The number of hydrogen-bond donors (Lipinski definition) is 0. The van der Waals surface area contributed by atoms with Crippen molar-refractivity contribution in [2.24, 2.45) is 5.92 Å². The first-order chi connectivity index (χ1) is 7.21. The lowest BCUT2D eigenvalue weighted by molar-refractivity contribution is -0.130. The van der Waals surface area contributed by atoms with E-state index in [-0.39, 0.29) is 16.6 Å². The van der Waals surface area contributed by atoms with Gasteiger partial charge in [0.2, 0.25) is 5.91 Å². The van der Waals surface area contributed by atoms with Crippen LogP contribution >= 0.6 is 8.22 Å². The molecular formula is C10H21N3OPSi. The first-order valence-electron chi connectivity index (χ1n) is 5.32. The molecule has 0 N–H and O–H groups in total. The van der Waals surface area contributed by atoms with Crippen LogP contribution in [0.25, 0.3) is 0 Å². The minimum atomic E-state index is -0.472. The van der Waals surface area contributed by atoms with Crippen molar-refractivity contribution in [2.45, 2.75) is 11.2 Å². The van der Waals surface area contributed by atoms with Crippen molar-refractivity contribution in [3.63, 3.8) is 0 Å². The zero-order valence-corrected chi connectivity index (χ0v) is 12.9. The Kier molecular flexibility index (Phi) is 4.16. The maximum absolute atomic E-state index is 11.9. The zero-order chi connectivity index (χ0) is 12.7. The van der Waals surface area contributed by atoms with Gasteiger partial charge in [-0.3, -0.25) is 14.1 Å². The molecule has 1 aliphatic rings. The van der Waals surface area contributed by atoms with Crippen LogP contribution in [0.1, 0.15) is 6.42 Å². The predicted molar refractivity (Wildman–Crippen MR) is 69.6 cm³/mol. The molecule has 16 heavy (non-hydrogen) atoms. The molecule has 1 rings (SSSR count). The normalized spacial score (nSPS) is 29.0. The second-order valence-corrected chi connectivity index (χ2v) is 9.19. The maximum Gasteiger partial charge on any atom is 0.225 e. The Morgan fingerprint density at radius 1 is 1.19 bits per heavy atom. The summed E-state index contributed by atoms with van der Waals surface area (Å²) >= 11 is 0. The van der Waals surface area contributed by atoms with Gasteiger partial charge in [0.15, 0.2) is 0 Å². The highest BCUT2D eigenvalue weighted by Gasteiger charge is 2.61. The Bertz CT molecular complexity index is 277. The van der Waals surface area contributed by atoms with Gasteiger partial charge in [-0.1, -0.05) is 0 Å². The van der Waals surface area contributed by atoms with E-state index in [0.29, 0.717) is 0 Å². The van der Waals surface area contributed by atoms with Gasteiger partial charge in [0, 0.05) is 43.3 Å². The number of hydrogen-bond acceptors (Lipinski definition) is 3. The van der Waals surface area contributed by atoms with Crippen LogP contribution < -0.4 is 0 Å². The Hall–Kier alpha value is 0.0369. The van der Waals surface area contributed by atoms with Crippen LogP contribution in [0.5, 0.6) is 0 Å². The average Bonchev–Trinajstić information content (AvgIpc) is 2.74. The van der Waals surface area contributed by atoms with E-state index in [1.807, 2.05) is 14.1 Å². The Labute approximate surface area is 103 Å².